The van der Waals surface area contributed by atoms with Crippen molar-refractivity contribution in [2.45, 2.75) is 24.7 Å². The lowest BCUT2D eigenvalue weighted by Crippen LogP contribution is -2.01. The first-order valence-corrected chi connectivity index (χ1v) is 9.94. The topological polar surface area (TPSA) is 21.6 Å². The van der Waals surface area contributed by atoms with Crippen LogP contribution in [0.5, 0.6) is 5.75 Å². The molecule has 3 heteroatoms. The van der Waals surface area contributed by atoms with Crippen LogP contribution in [0.1, 0.15) is 19.8 Å². The van der Waals surface area contributed by atoms with Gasteiger partial charge in [0.1, 0.15) is 10.8 Å². The molecule has 0 heterocycles. The van der Waals surface area contributed by atoms with E-state index in [1.54, 1.807) is 11.8 Å². The zero-order valence-corrected chi connectivity index (χ0v) is 16.2. The molecule has 0 unspecified atom stereocenters. The highest BCUT2D eigenvalue weighted by atomic mass is 32.2. The zero-order valence-electron chi connectivity index (χ0n) is 15.4. The Balaban J connectivity index is 1.93. The van der Waals surface area contributed by atoms with Crippen molar-refractivity contribution in [3.8, 4) is 5.75 Å². The molecule has 0 amide bonds. The van der Waals surface area contributed by atoms with Gasteiger partial charge in [-0.1, -0.05) is 79.7 Å². The maximum absolute atomic E-state index is 5.92. The first-order valence-electron chi connectivity index (χ1n) is 9.13. The third kappa shape index (κ3) is 6.15. The summed E-state index contributed by atoms with van der Waals surface area (Å²) < 4.78 is 5.92. The van der Waals surface area contributed by atoms with E-state index < -0.39 is 0 Å². The quantitative estimate of drug-likeness (QED) is 0.188. The fraction of sp³-hybridized carbons (Fsp3) is 0.125. The molecule has 3 aromatic carbocycles. The van der Waals surface area contributed by atoms with E-state index in [0.29, 0.717) is 0 Å². The molecule has 0 aliphatic carbocycles. The second-order valence-corrected chi connectivity index (χ2v) is 7.05. The average molecular weight is 374 g/mol. The number of nitrogens with zero attached hydrogens (tertiary/aromatic N) is 1. The predicted molar refractivity (Wildman–Crippen MR) is 116 cm³/mol. The van der Waals surface area contributed by atoms with Crippen molar-refractivity contribution in [2.24, 2.45) is 4.99 Å². The van der Waals surface area contributed by atoms with E-state index in [-0.39, 0.29) is 0 Å². The summed E-state index contributed by atoms with van der Waals surface area (Å²) in [5.41, 5.74) is 2.04. The number of hydrogen-bond donors (Lipinski definition) is 0. The molecule has 0 saturated carbocycles. The number of benzene rings is 3. The molecule has 0 aromatic heterocycles. The molecule has 136 valence electrons. The van der Waals surface area contributed by atoms with E-state index >= 15 is 0 Å². The molecular formula is C24H23NOS. The van der Waals surface area contributed by atoms with Crippen molar-refractivity contribution >= 4 is 22.5 Å². The number of hydrogen-bond acceptors (Lipinski definition) is 3. The fourth-order valence-electron chi connectivity index (χ4n) is 2.50. The van der Waals surface area contributed by atoms with Gasteiger partial charge in [-0.15, -0.1) is 0 Å². The molecule has 0 aliphatic heterocycles. The van der Waals surface area contributed by atoms with Gasteiger partial charge >= 0.3 is 0 Å². The zero-order chi connectivity index (χ0) is 18.7. The Morgan fingerprint density at radius 1 is 0.852 bits per heavy atom. The summed E-state index contributed by atoms with van der Waals surface area (Å²) in [7, 11) is 0. The lowest BCUT2D eigenvalue weighted by molar-refractivity contribution is 0.476. The molecule has 2 nitrogen and oxygen atoms in total. The van der Waals surface area contributed by atoms with Gasteiger partial charge in [0.2, 0.25) is 0 Å². The van der Waals surface area contributed by atoms with E-state index in [9.17, 15) is 0 Å². The van der Waals surface area contributed by atoms with Crippen LogP contribution < -0.4 is 4.74 Å². The van der Waals surface area contributed by atoms with Crippen LogP contribution in [0.25, 0.3) is 0 Å². The van der Waals surface area contributed by atoms with Crippen molar-refractivity contribution < 1.29 is 4.74 Å². The molecular weight excluding hydrogens is 350 g/mol. The molecule has 0 spiro atoms. The Bertz CT molecular complexity index is 874. The Morgan fingerprint density at radius 3 is 2.07 bits per heavy atom. The number of aliphatic imine (C=N–C) groups is 1. The molecule has 0 bridgehead atoms. The minimum absolute atomic E-state index is 0.829. The van der Waals surface area contributed by atoms with Gasteiger partial charge in [-0.2, -0.15) is 0 Å². The van der Waals surface area contributed by atoms with Crippen LogP contribution in [0.4, 0.5) is 5.69 Å². The summed E-state index contributed by atoms with van der Waals surface area (Å²) in [6.45, 7) is 2.17. The minimum Gasteiger partial charge on any atom is -0.465 e. The molecule has 0 aliphatic rings. The summed E-state index contributed by atoms with van der Waals surface area (Å²) in [4.78, 5) is 6.08. The van der Waals surface area contributed by atoms with Gasteiger partial charge in [-0.3, -0.25) is 0 Å². The highest BCUT2D eigenvalue weighted by molar-refractivity contribution is 8.14. The Kier molecular flexibility index (Phi) is 7.31. The normalized spacial score (nSPS) is 12.0. The molecule has 0 N–H and O–H groups in total. The minimum atomic E-state index is 0.829. The third-order valence-electron chi connectivity index (χ3n) is 3.82. The summed E-state index contributed by atoms with van der Waals surface area (Å²) in [5, 5.41) is 0.963. The number of thioether (sulfide) groups is 1. The van der Waals surface area contributed by atoms with Crippen LogP contribution in [0.15, 0.2) is 113 Å². The second-order valence-electron chi connectivity index (χ2n) is 5.99. The average Bonchev–Trinajstić information content (AvgIpc) is 2.73. The highest BCUT2D eigenvalue weighted by Crippen LogP contribution is 2.28. The lowest BCUT2D eigenvalue weighted by Gasteiger charge is -2.11. The third-order valence-corrected chi connectivity index (χ3v) is 4.87. The summed E-state index contributed by atoms with van der Waals surface area (Å²) in [6, 6.07) is 30.2. The molecule has 0 saturated heterocycles. The van der Waals surface area contributed by atoms with Crippen LogP contribution in [0.2, 0.25) is 0 Å². The van der Waals surface area contributed by atoms with Gasteiger partial charge < -0.3 is 4.74 Å². The summed E-state index contributed by atoms with van der Waals surface area (Å²) in [5.74, 6) is 0.829. The van der Waals surface area contributed by atoms with E-state index in [4.69, 9.17) is 9.73 Å². The SMILES string of the molecule is CCCC(=C\Oc1ccccc1)/C(=N\c1ccccc1)Sc1ccccc1. The highest BCUT2D eigenvalue weighted by Gasteiger charge is 2.11. The Morgan fingerprint density at radius 2 is 1.44 bits per heavy atom. The van der Waals surface area contributed by atoms with Crippen molar-refractivity contribution in [3.63, 3.8) is 0 Å². The molecule has 0 radical (unpaired) electrons. The van der Waals surface area contributed by atoms with Crippen molar-refractivity contribution in [3.05, 3.63) is 103 Å². The van der Waals surface area contributed by atoms with E-state index in [0.717, 1.165) is 39.8 Å². The van der Waals surface area contributed by atoms with Gasteiger partial charge in [0.15, 0.2) is 0 Å². The smallest absolute Gasteiger partial charge is 0.126 e. The van der Waals surface area contributed by atoms with E-state index in [2.05, 4.69) is 19.1 Å². The molecule has 3 rings (SSSR count). The van der Waals surface area contributed by atoms with Crippen LogP contribution in [-0.2, 0) is 0 Å². The number of ether oxygens (including phenoxy) is 1. The Hall–Kier alpha value is -2.78. The maximum atomic E-state index is 5.92. The number of rotatable bonds is 7. The standard InChI is InChI=1S/C24H23NOS/c1-2-12-20(19-26-22-15-8-4-9-16-22)24(25-21-13-6-3-7-14-21)27-23-17-10-5-11-18-23/h3-11,13-19H,2,12H2,1H3/b20-19+,25-24+. The van der Waals surface area contributed by atoms with Crippen LogP contribution in [0, 0.1) is 0 Å². The number of para-hydroxylation sites is 2. The van der Waals surface area contributed by atoms with Crippen LogP contribution in [0.3, 0.4) is 0 Å². The predicted octanol–water partition coefficient (Wildman–Crippen LogP) is 7.27. The monoisotopic (exact) mass is 373 g/mol. The van der Waals surface area contributed by atoms with Gasteiger partial charge in [0.05, 0.1) is 11.9 Å². The van der Waals surface area contributed by atoms with E-state index in [1.807, 2.05) is 85.1 Å². The van der Waals surface area contributed by atoms with Gasteiger partial charge in [0, 0.05) is 10.5 Å². The van der Waals surface area contributed by atoms with Crippen molar-refractivity contribution in [1.82, 2.24) is 0 Å². The van der Waals surface area contributed by atoms with Crippen molar-refractivity contribution in [2.75, 3.05) is 0 Å². The van der Waals surface area contributed by atoms with Gasteiger partial charge in [-0.05, 0) is 42.8 Å². The van der Waals surface area contributed by atoms with Crippen LogP contribution in [-0.4, -0.2) is 5.04 Å². The van der Waals surface area contributed by atoms with Crippen molar-refractivity contribution in [1.29, 1.82) is 0 Å². The molecule has 0 atom stereocenters. The molecule has 0 fully saturated rings. The lowest BCUT2D eigenvalue weighted by atomic mass is 10.2. The van der Waals surface area contributed by atoms with Crippen LogP contribution >= 0.6 is 11.8 Å². The molecule has 3 aromatic rings. The summed E-state index contributed by atoms with van der Waals surface area (Å²) >= 11 is 1.67. The summed E-state index contributed by atoms with van der Waals surface area (Å²) in [6.07, 6.45) is 3.77. The maximum Gasteiger partial charge on any atom is 0.126 e. The largest absolute Gasteiger partial charge is 0.465 e. The first kappa shape index (κ1) is 19.0. The van der Waals surface area contributed by atoms with E-state index in [1.165, 1.54) is 0 Å². The molecule has 27 heavy (non-hydrogen) atoms. The van der Waals surface area contributed by atoms with Gasteiger partial charge in [-0.25, -0.2) is 4.99 Å². The first-order chi connectivity index (χ1) is 13.3. The second kappa shape index (κ2) is 10.4. The van der Waals surface area contributed by atoms with Gasteiger partial charge in [0.25, 0.3) is 0 Å². The Labute approximate surface area is 165 Å². The fourth-order valence-corrected chi connectivity index (χ4v) is 3.45.